The van der Waals surface area contributed by atoms with Crippen molar-refractivity contribution < 1.29 is 18.9 Å². The fraction of sp³-hybridized carbons (Fsp3) is 0.333. The molecule has 0 saturated carbocycles. The summed E-state index contributed by atoms with van der Waals surface area (Å²) in [6.45, 7) is 0. The Morgan fingerprint density at radius 2 is 1.78 bits per heavy atom. The number of carboxylic acids is 1. The van der Waals surface area contributed by atoms with E-state index in [2.05, 4.69) is 0 Å². The van der Waals surface area contributed by atoms with E-state index in [0.717, 1.165) is 0 Å². The number of nitrogens with zero attached hydrogens (tertiary/aromatic N) is 1. The van der Waals surface area contributed by atoms with Crippen molar-refractivity contribution in [1.82, 2.24) is 4.90 Å². The zero-order valence-electron chi connectivity index (χ0n) is 10.3. The molecule has 0 saturated heterocycles. The lowest BCUT2D eigenvalue weighted by Gasteiger charge is -2.09. The van der Waals surface area contributed by atoms with Crippen LogP contribution >= 0.6 is 0 Å². The predicted octanol–water partition coefficient (Wildman–Crippen LogP) is 0.971. The average molecular weight is 269 g/mol. The third-order valence-corrected chi connectivity index (χ3v) is 3.74. The Hall–Kier alpha value is -1.69. The van der Waals surface area contributed by atoms with Crippen LogP contribution in [0, 0.1) is 0 Å². The van der Waals surface area contributed by atoms with Crippen LogP contribution in [0.15, 0.2) is 29.2 Å². The largest absolute Gasteiger partial charge is 0.478 e. The van der Waals surface area contributed by atoms with Crippen LogP contribution in [0.1, 0.15) is 16.8 Å². The van der Waals surface area contributed by atoms with Crippen molar-refractivity contribution in [2.45, 2.75) is 11.3 Å². The van der Waals surface area contributed by atoms with Crippen molar-refractivity contribution in [3.63, 3.8) is 0 Å². The first-order chi connectivity index (χ1) is 8.41. The second-order valence-corrected chi connectivity index (χ2v) is 5.49. The van der Waals surface area contributed by atoms with Gasteiger partial charge < -0.3 is 10.0 Å². The SMILES string of the molecule is CN(C)C(=O)CCS(=O)c1ccc(C(=O)O)cc1. The van der Waals surface area contributed by atoms with E-state index in [4.69, 9.17) is 5.11 Å². The minimum absolute atomic E-state index is 0.0782. The quantitative estimate of drug-likeness (QED) is 0.864. The van der Waals surface area contributed by atoms with Crippen molar-refractivity contribution >= 4 is 22.7 Å². The summed E-state index contributed by atoms with van der Waals surface area (Å²) in [6.07, 6.45) is 0.209. The Bertz CT molecular complexity index is 467. The van der Waals surface area contributed by atoms with E-state index in [1.165, 1.54) is 29.2 Å². The molecule has 0 aliphatic rings. The van der Waals surface area contributed by atoms with Gasteiger partial charge in [-0.15, -0.1) is 0 Å². The van der Waals surface area contributed by atoms with Gasteiger partial charge in [0.05, 0.1) is 16.4 Å². The third-order valence-electron chi connectivity index (χ3n) is 2.36. The lowest BCUT2D eigenvalue weighted by Crippen LogP contribution is -2.23. The lowest BCUT2D eigenvalue weighted by atomic mass is 10.2. The van der Waals surface area contributed by atoms with Gasteiger partial charge in [-0.05, 0) is 24.3 Å². The Morgan fingerprint density at radius 3 is 2.22 bits per heavy atom. The van der Waals surface area contributed by atoms with Crippen LogP contribution in [-0.2, 0) is 15.6 Å². The number of carbonyl (C=O) groups is 2. The second kappa shape index (κ2) is 6.30. The molecular weight excluding hydrogens is 254 g/mol. The summed E-state index contributed by atoms with van der Waals surface area (Å²) in [4.78, 5) is 24.0. The maximum Gasteiger partial charge on any atom is 0.335 e. The van der Waals surface area contributed by atoms with Crippen molar-refractivity contribution in [2.75, 3.05) is 19.8 Å². The first kappa shape index (κ1) is 14.4. The number of rotatable bonds is 5. The van der Waals surface area contributed by atoms with E-state index in [1.807, 2.05) is 0 Å². The van der Waals surface area contributed by atoms with Crippen LogP contribution < -0.4 is 0 Å². The molecule has 18 heavy (non-hydrogen) atoms. The van der Waals surface area contributed by atoms with E-state index in [-0.39, 0.29) is 23.6 Å². The Kier molecular flexibility index (Phi) is 5.03. The summed E-state index contributed by atoms with van der Waals surface area (Å²) in [5, 5.41) is 8.73. The molecular formula is C12H15NO4S. The molecule has 98 valence electrons. The van der Waals surface area contributed by atoms with E-state index in [9.17, 15) is 13.8 Å². The van der Waals surface area contributed by atoms with E-state index in [1.54, 1.807) is 14.1 Å². The monoisotopic (exact) mass is 269 g/mol. The summed E-state index contributed by atoms with van der Waals surface area (Å²) in [6, 6.07) is 5.84. The van der Waals surface area contributed by atoms with Crippen LogP contribution in [0.2, 0.25) is 0 Å². The molecule has 5 nitrogen and oxygen atoms in total. The number of aromatic carboxylic acids is 1. The molecule has 0 heterocycles. The summed E-state index contributed by atoms with van der Waals surface area (Å²) >= 11 is 0. The van der Waals surface area contributed by atoms with Gasteiger partial charge in [-0.25, -0.2) is 4.79 Å². The number of amides is 1. The highest BCUT2D eigenvalue weighted by Crippen LogP contribution is 2.10. The molecule has 1 aromatic rings. The average Bonchev–Trinajstić information content (AvgIpc) is 2.35. The minimum atomic E-state index is -1.28. The Balaban J connectivity index is 2.62. The van der Waals surface area contributed by atoms with E-state index in [0.29, 0.717) is 4.90 Å². The zero-order valence-corrected chi connectivity index (χ0v) is 11.1. The Labute approximate surface area is 108 Å². The van der Waals surface area contributed by atoms with Crippen molar-refractivity contribution in [3.05, 3.63) is 29.8 Å². The van der Waals surface area contributed by atoms with Crippen LogP contribution in [-0.4, -0.2) is 45.9 Å². The summed E-state index contributed by atoms with van der Waals surface area (Å²) in [7, 11) is 2.01. The number of hydrogen-bond acceptors (Lipinski definition) is 3. The molecule has 1 amide bonds. The molecule has 0 aliphatic heterocycles. The highest BCUT2D eigenvalue weighted by atomic mass is 32.2. The summed E-state index contributed by atoms with van der Waals surface area (Å²) in [5.41, 5.74) is 0.153. The summed E-state index contributed by atoms with van der Waals surface area (Å²) in [5.74, 6) is -0.857. The summed E-state index contributed by atoms with van der Waals surface area (Å²) < 4.78 is 11.8. The molecule has 0 aliphatic carbocycles. The van der Waals surface area contributed by atoms with Crippen molar-refractivity contribution in [1.29, 1.82) is 0 Å². The van der Waals surface area contributed by atoms with Crippen LogP contribution in [0.4, 0.5) is 0 Å². The third kappa shape index (κ3) is 3.96. The maximum absolute atomic E-state index is 11.8. The van der Waals surface area contributed by atoms with Gasteiger partial charge in [-0.3, -0.25) is 9.00 Å². The zero-order chi connectivity index (χ0) is 13.7. The molecule has 0 spiro atoms. The molecule has 0 fully saturated rings. The topological polar surface area (TPSA) is 74.7 Å². The van der Waals surface area contributed by atoms with Gasteiger partial charge in [-0.1, -0.05) is 0 Å². The number of carbonyl (C=O) groups excluding carboxylic acids is 1. The number of carboxylic acid groups (broad SMARTS) is 1. The molecule has 0 bridgehead atoms. The second-order valence-electron chi connectivity index (χ2n) is 3.92. The van der Waals surface area contributed by atoms with Crippen LogP contribution in [0.3, 0.4) is 0 Å². The van der Waals surface area contributed by atoms with Gasteiger partial charge in [0, 0.05) is 31.2 Å². The molecule has 0 radical (unpaired) electrons. The number of benzene rings is 1. The fourth-order valence-corrected chi connectivity index (χ4v) is 2.31. The molecule has 0 aromatic heterocycles. The molecule has 1 aromatic carbocycles. The van der Waals surface area contributed by atoms with Crippen LogP contribution in [0.25, 0.3) is 0 Å². The minimum Gasteiger partial charge on any atom is -0.478 e. The number of hydrogen-bond donors (Lipinski definition) is 1. The maximum atomic E-state index is 11.8. The lowest BCUT2D eigenvalue weighted by molar-refractivity contribution is -0.128. The molecule has 6 heteroatoms. The molecule has 1 rings (SSSR count). The fourth-order valence-electron chi connectivity index (χ4n) is 1.27. The van der Waals surface area contributed by atoms with Crippen LogP contribution in [0.5, 0.6) is 0 Å². The highest BCUT2D eigenvalue weighted by Gasteiger charge is 2.10. The smallest absolute Gasteiger partial charge is 0.335 e. The van der Waals surface area contributed by atoms with Crippen molar-refractivity contribution in [2.24, 2.45) is 0 Å². The first-order valence-corrected chi connectivity index (χ1v) is 6.65. The van der Waals surface area contributed by atoms with Gasteiger partial charge in [0.1, 0.15) is 0 Å². The van der Waals surface area contributed by atoms with Gasteiger partial charge in [0.25, 0.3) is 0 Å². The molecule has 1 unspecified atom stereocenters. The van der Waals surface area contributed by atoms with Crippen molar-refractivity contribution in [3.8, 4) is 0 Å². The van der Waals surface area contributed by atoms with E-state index < -0.39 is 16.8 Å². The highest BCUT2D eigenvalue weighted by molar-refractivity contribution is 7.85. The first-order valence-electron chi connectivity index (χ1n) is 5.33. The molecule has 1 atom stereocenters. The van der Waals surface area contributed by atoms with Gasteiger partial charge in [0.2, 0.25) is 5.91 Å². The van der Waals surface area contributed by atoms with E-state index >= 15 is 0 Å². The Morgan fingerprint density at radius 1 is 1.22 bits per heavy atom. The van der Waals surface area contributed by atoms with Gasteiger partial charge >= 0.3 is 5.97 Å². The molecule has 1 N–H and O–H groups in total. The van der Waals surface area contributed by atoms with Gasteiger partial charge in [0.15, 0.2) is 0 Å². The predicted molar refractivity (Wildman–Crippen MR) is 68.0 cm³/mol. The standard InChI is InChI=1S/C12H15NO4S/c1-13(2)11(14)7-8-18(17)10-5-3-9(4-6-10)12(15)16/h3-6H,7-8H2,1-2H3,(H,15,16). The normalized spacial score (nSPS) is 11.9. The van der Waals surface area contributed by atoms with Gasteiger partial charge in [-0.2, -0.15) is 0 Å².